The molecule has 1 aromatic rings. The van der Waals surface area contributed by atoms with Gasteiger partial charge >= 0.3 is 0 Å². The number of benzene rings is 1. The van der Waals surface area contributed by atoms with E-state index in [9.17, 15) is 9.59 Å². The van der Waals surface area contributed by atoms with Crippen molar-refractivity contribution < 1.29 is 14.3 Å². The molecule has 1 aliphatic rings. The van der Waals surface area contributed by atoms with Crippen molar-refractivity contribution in [1.82, 2.24) is 10.3 Å². The zero-order valence-corrected chi connectivity index (χ0v) is 13.7. The summed E-state index contributed by atoms with van der Waals surface area (Å²) in [6, 6.07) is 7.68. The van der Waals surface area contributed by atoms with Crippen LogP contribution in [0.2, 0.25) is 0 Å². The highest BCUT2D eigenvalue weighted by atomic mass is 16.5. The molecule has 126 valence electrons. The Hall–Kier alpha value is -2.08. The predicted octanol–water partition coefficient (Wildman–Crippen LogP) is 1.38. The molecule has 23 heavy (non-hydrogen) atoms. The molecular formula is C17H25N3O3. The van der Waals surface area contributed by atoms with Crippen molar-refractivity contribution in [3.63, 3.8) is 0 Å². The highest BCUT2D eigenvalue weighted by molar-refractivity contribution is 5.82. The number of rotatable bonds is 5. The molecule has 0 radical (unpaired) electrons. The number of aryl methyl sites for hydroxylation is 1. The van der Waals surface area contributed by atoms with Crippen molar-refractivity contribution in [3.8, 4) is 5.75 Å². The number of amides is 2. The molecule has 0 spiro atoms. The largest absolute Gasteiger partial charge is 0.481 e. The number of nitrogens with one attached hydrogen (secondary N) is 1. The number of hydrogen-bond acceptors (Lipinski definition) is 4. The van der Waals surface area contributed by atoms with Crippen LogP contribution in [0.5, 0.6) is 5.75 Å². The fourth-order valence-corrected chi connectivity index (χ4v) is 2.77. The molecule has 0 aliphatic carbocycles. The van der Waals surface area contributed by atoms with Crippen molar-refractivity contribution in [3.05, 3.63) is 29.8 Å². The van der Waals surface area contributed by atoms with E-state index in [0.717, 1.165) is 5.56 Å². The third-order valence-electron chi connectivity index (χ3n) is 4.27. The number of piperidine rings is 1. The third-order valence-corrected chi connectivity index (χ3v) is 4.27. The van der Waals surface area contributed by atoms with Gasteiger partial charge in [0, 0.05) is 19.0 Å². The zero-order valence-electron chi connectivity index (χ0n) is 13.7. The Morgan fingerprint density at radius 3 is 2.43 bits per heavy atom. The molecule has 2 amide bonds. The number of ether oxygens (including phenoxy) is 1. The molecule has 1 fully saturated rings. The molecule has 0 aromatic heterocycles. The average molecular weight is 319 g/mol. The molecule has 3 N–H and O–H groups in total. The lowest BCUT2D eigenvalue weighted by atomic mass is 9.96. The Bertz CT molecular complexity index is 537. The quantitative estimate of drug-likeness (QED) is 0.488. The molecule has 6 nitrogen and oxygen atoms in total. The predicted molar refractivity (Wildman–Crippen MR) is 87.5 cm³/mol. The molecule has 0 bridgehead atoms. The number of carbonyl (C=O) groups excluding carboxylic acids is 2. The maximum atomic E-state index is 12.6. The molecule has 1 atom stereocenters. The van der Waals surface area contributed by atoms with E-state index in [1.54, 1.807) is 4.90 Å². The zero-order chi connectivity index (χ0) is 16.8. The van der Waals surface area contributed by atoms with E-state index >= 15 is 0 Å². The van der Waals surface area contributed by atoms with Gasteiger partial charge in [-0.15, -0.1) is 0 Å². The van der Waals surface area contributed by atoms with E-state index in [1.807, 2.05) is 38.1 Å². The van der Waals surface area contributed by atoms with E-state index in [4.69, 9.17) is 10.6 Å². The first kappa shape index (κ1) is 17.3. The maximum Gasteiger partial charge on any atom is 0.263 e. The Morgan fingerprint density at radius 1 is 1.30 bits per heavy atom. The van der Waals surface area contributed by atoms with E-state index in [-0.39, 0.29) is 17.7 Å². The maximum absolute atomic E-state index is 12.6. The summed E-state index contributed by atoms with van der Waals surface area (Å²) in [5.41, 5.74) is 3.33. The minimum absolute atomic E-state index is 0.0142. The topological polar surface area (TPSA) is 84.7 Å². The van der Waals surface area contributed by atoms with E-state index in [0.29, 0.717) is 38.1 Å². The number of hydrogen-bond donors (Lipinski definition) is 2. The standard InChI is InChI=1S/C17H25N3O3/c1-3-15(23-14-6-4-12(2)5-7-14)17(22)20-10-8-13(9-11-20)16(21)19-18/h4-7,13,15H,3,8-11,18H2,1-2H3,(H,19,21). The summed E-state index contributed by atoms with van der Waals surface area (Å²) in [7, 11) is 0. The average Bonchev–Trinajstić information content (AvgIpc) is 2.60. The molecule has 1 heterocycles. The summed E-state index contributed by atoms with van der Waals surface area (Å²) < 4.78 is 5.84. The molecule has 1 unspecified atom stereocenters. The summed E-state index contributed by atoms with van der Waals surface area (Å²) in [6.45, 7) is 5.06. The van der Waals surface area contributed by atoms with Gasteiger partial charge < -0.3 is 9.64 Å². The lowest BCUT2D eigenvalue weighted by Crippen LogP contribution is -2.48. The second-order valence-corrected chi connectivity index (χ2v) is 5.94. The Labute approximate surface area is 136 Å². The fourth-order valence-electron chi connectivity index (χ4n) is 2.77. The Morgan fingerprint density at radius 2 is 1.91 bits per heavy atom. The number of nitrogens with zero attached hydrogens (tertiary/aromatic N) is 1. The van der Waals surface area contributed by atoms with Gasteiger partial charge in [-0.05, 0) is 38.3 Å². The monoisotopic (exact) mass is 319 g/mol. The van der Waals surface area contributed by atoms with E-state index in [1.165, 1.54) is 0 Å². The van der Waals surface area contributed by atoms with Crippen LogP contribution in [0.15, 0.2) is 24.3 Å². The second kappa shape index (κ2) is 7.97. The van der Waals surface area contributed by atoms with Crippen LogP contribution < -0.4 is 16.0 Å². The number of carbonyl (C=O) groups is 2. The summed E-state index contributed by atoms with van der Waals surface area (Å²) in [4.78, 5) is 25.9. The van der Waals surface area contributed by atoms with E-state index in [2.05, 4.69) is 5.43 Å². The second-order valence-electron chi connectivity index (χ2n) is 5.94. The normalized spacial score (nSPS) is 16.7. The highest BCUT2D eigenvalue weighted by Gasteiger charge is 2.30. The van der Waals surface area contributed by atoms with Gasteiger partial charge in [0.05, 0.1) is 0 Å². The van der Waals surface area contributed by atoms with Crippen LogP contribution >= 0.6 is 0 Å². The van der Waals surface area contributed by atoms with Gasteiger partial charge in [-0.3, -0.25) is 15.0 Å². The highest BCUT2D eigenvalue weighted by Crippen LogP contribution is 2.20. The molecule has 6 heteroatoms. The summed E-state index contributed by atoms with van der Waals surface area (Å²) in [5.74, 6) is 5.59. The smallest absolute Gasteiger partial charge is 0.263 e. The lowest BCUT2D eigenvalue weighted by molar-refractivity contribution is -0.142. The van der Waals surface area contributed by atoms with Gasteiger partial charge in [0.25, 0.3) is 5.91 Å². The van der Waals surface area contributed by atoms with Gasteiger partial charge in [-0.2, -0.15) is 0 Å². The van der Waals surface area contributed by atoms with Gasteiger partial charge in [-0.1, -0.05) is 24.6 Å². The summed E-state index contributed by atoms with van der Waals surface area (Å²) >= 11 is 0. The van der Waals surface area contributed by atoms with Gasteiger partial charge in [0.2, 0.25) is 5.91 Å². The van der Waals surface area contributed by atoms with Crippen molar-refractivity contribution in [2.75, 3.05) is 13.1 Å². The van der Waals surface area contributed by atoms with Crippen LogP contribution in [-0.2, 0) is 9.59 Å². The molecular weight excluding hydrogens is 294 g/mol. The van der Waals surface area contributed by atoms with Crippen molar-refractivity contribution in [2.24, 2.45) is 11.8 Å². The summed E-state index contributed by atoms with van der Waals surface area (Å²) in [6.07, 6.45) is 1.39. The molecule has 0 saturated carbocycles. The van der Waals surface area contributed by atoms with Gasteiger partial charge in [0.15, 0.2) is 6.10 Å². The van der Waals surface area contributed by atoms with Crippen molar-refractivity contribution in [2.45, 2.75) is 39.2 Å². The van der Waals surface area contributed by atoms with Crippen LogP contribution in [0.1, 0.15) is 31.7 Å². The van der Waals surface area contributed by atoms with Crippen LogP contribution in [0.3, 0.4) is 0 Å². The molecule has 1 aliphatic heterocycles. The van der Waals surface area contributed by atoms with Crippen molar-refractivity contribution >= 4 is 11.8 Å². The fraction of sp³-hybridized carbons (Fsp3) is 0.529. The first-order chi connectivity index (χ1) is 11.0. The Balaban J connectivity index is 1.92. The first-order valence-electron chi connectivity index (χ1n) is 8.07. The first-order valence-corrected chi connectivity index (χ1v) is 8.07. The third kappa shape index (κ3) is 4.45. The Kier molecular flexibility index (Phi) is 5.98. The minimum atomic E-state index is -0.488. The molecule has 2 rings (SSSR count). The van der Waals surface area contributed by atoms with Crippen LogP contribution in [-0.4, -0.2) is 35.9 Å². The number of likely N-dealkylation sites (tertiary alicyclic amines) is 1. The molecule has 1 saturated heterocycles. The SMILES string of the molecule is CCC(Oc1ccc(C)cc1)C(=O)N1CCC(C(=O)NN)CC1. The number of hydrazine groups is 1. The van der Waals surface area contributed by atoms with Gasteiger partial charge in [0.1, 0.15) is 5.75 Å². The van der Waals surface area contributed by atoms with Crippen LogP contribution in [0.4, 0.5) is 0 Å². The lowest BCUT2D eigenvalue weighted by Gasteiger charge is -2.33. The minimum Gasteiger partial charge on any atom is -0.481 e. The van der Waals surface area contributed by atoms with Crippen molar-refractivity contribution in [1.29, 1.82) is 0 Å². The van der Waals surface area contributed by atoms with Crippen LogP contribution in [0, 0.1) is 12.8 Å². The van der Waals surface area contributed by atoms with Gasteiger partial charge in [-0.25, -0.2) is 5.84 Å². The number of nitrogens with two attached hydrogens (primary N) is 1. The van der Waals surface area contributed by atoms with E-state index < -0.39 is 6.10 Å². The molecule has 1 aromatic carbocycles. The summed E-state index contributed by atoms with van der Waals surface area (Å²) in [5, 5.41) is 0. The van der Waals surface area contributed by atoms with Crippen LogP contribution in [0.25, 0.3) is 0 Å².